The van der Waals surface area contributed by atoms with E-state index in [4.69, 9.17) is 0 Å². The third-order valence-electron chi connectivity index (χ3n) is 1.06. The molecule has 0 amide bonds. The van der Waals surface area contributed by atoms with E-state index in [9.17, 15) is 4.79 Å². The summed E-state index contributed by atoms with van der Waals surface area (Å²) in [4.78, 5) is 10.5. The highest BCUT2D eigenvalue weighted by molar-refractivity contribution is 6.58. The van der Waals surface area contributed by atoms with Gasteiger partial charge in [0.25, 0.3) is 0 Å². The Hall–Kier alpha value is 0.202. The third-order valence-corrected chi connectivity index (χ3v) is 2.56. The fourth-order valence-electron chi connectivity index (χ4n) is 0. The summed E-state index contributed by atoms with van der Waals surface area (Å²) in [6, 6.07) is 0. The minimum Gasteiger partial charge on any atom is -0.321 e. The van der Waals surface area contributed by atoms with Gasteiger partial charge in [-0.2, -0.15) is 0 Å². The minimum absolute atomic E-state index is 0.0772. The van der Waals surface area contributed by atoms with E-state index in [1.807, 2.05) is 20.8 Å². The van der Waals surface area contributed by atoms with Crippen LogP contribution in [-0.2, 0) is 4.79 Å². The molecule has 0 aromatic heterocycles. The van der Waals surface area contributed by atoms with Gasteiger partial charge >= 0.3 is 16.3 Å². The number of rotatable bonds is 0. The van der Waals surface area contributed by atoms with Crippen LogP contribution in [0.1, 0.15) is 20.8 Å². The molecule has 0 fully saturated rings. The molecule has 0 unspecified atom stereocenters. The molecule has 0 aliphatic rings. The van der Waals surface area contributed by atoms with Gasteiger partial charge in [-0.15, -0.1) is 0 Å². The fourth-order valence-corrected chi connectivity index (χ4v) is 0. The van der Waals surface area contributed by atoms with Crippen LogP contribution >= 0.6 is 0 Å². The van der Waals surface area contributed by atoms with Crippen molar-refractivity contribution in [2.75, 3.05) is 0 Å². The molecule has 40 valence electrons. The van der Waals surface area contributed by atoms with Crippen molar-refractivity contribution in [1.82, 2.24) is 0 Å². The molecule has 2 heteroatoms. The summed E-state index contributed by atoms with van der Waals surface area (Å²) in [6.07, 6.45) is 0. The Bertz CT molecular complexity index is 80.6. The number of hydrogen-bond acceptors (Lipinski definition) is 1. The molecule has 7 heavy (non-hydrogen) atoms. The van der Waals surface area contributed by atoms with Gasteiger partial charge in [-0.1, -0.05) is 20.8 Å². The van der Waals surface area contributed by atoms with Gasteiger partial charge in [0.15, 0.2) is 0 Å². The molecule has 0 aromatic carbocycles. The molecule has 0 atom stereocenters. The van der Waals surface area contributed by atoms with E-state index in [0.717, 1.165) is 0 Å². The van der Waals surface area contributed by atoms with Crippen molar-refractivity contribution < 1.29 is 4.79 Å². The van der Waals surface area contributed by atoms with Crippen LogP contribution in [0.5, 0.6) is 0 Å². The maximum Gasteiger partial charge on any atom is 0.320 e. The van der Waals surface area contributed by atoms with Crippen LogP contribution in [0.2, 0.25) is 0 Å². The van der Waals surface area contributed by atoms with Gasteiger partial charge in [-0.3, -0.25) is 0 Å². The normalized spacial score (nSPS) is 11.3. The van der Waals surface area contributed by atoms with Crippen molar-refractivity contribution in [1.29, 1.82) is 0 Å². The Morgan fingerprint density at radius 1 is 1.43 bits per heavy atom. The predicted molar refractivity (Wildman–Crippen MR) is 33.0 cm³/mol. The monoisotopic (exact) mass is 114 g/mol. The zero-order valence-electron chi connectivity index (χ0n) is 5.41. The second kappa shape index (κ2) is 1.98. The first-order valence-corrected chi connectivity index (χ1v) is 3.45. The summed E-state index contributed by atoms with van der Waals surface area (Å²) < 4.78 is 0.382. The molecule has 0 N–H and O–H groups in total. The standard InChI is InChI=1S/C5H9O.Al.2H/c1-5(2,3)4-6;;;/h1-3H3;;;. The predicted octanol–water partition coefficient (Wildman–Crippen LogP) is 0.192. The lowest BCUT2D eigenvalue weighted by Crippen LogP contribution is -2.19. The molecule has 0 rings (SSSR count). The summed E-state index contributed by atoms with van der Waals surface area (Å²) in [5.41, 5.74) is -0.0772. The summed E-state index contributed by atoms with van der Waals surface area (Å²) >= 11 is 0.689. The van der Waals surface area contributed by atoms with E-state index in [1.54, 1.807) is 0 Å². The molecule has 1 nitrogen and oxygen atoms in total. The Morgan fingerprint density at radius 3 is 1.57 bits per heavy atom. The van der Waals surface area contributed by atoms with Crippen molar-refractivity contribution in [2.24, 2.45) is 5.41 Å². The lowest BCUT2D eigenvalue weighted by atomic mass is 9.99. The molecule has 0 radical (unpaired) electrons. The maximum atomic E-state index is 10.5. The van der Waals surface area contributed by atoms with E-state index in [0.29, 0.717) is 20.9 Å². The average Bonchev–Trinajstić information content (AvgIpc) is 1.31. The largest absolute Gasteiger partial charge is 0.321 e. The summed E-state index contributed by atoms with van der Waals surface area (Å²) in [5.74, 6) is 0. The van der Waals surface area contributed by atoms with Gasteiger partial charge in [0.1, 0.15) is 0 Å². The Kier molecular flexibility index (Phi) is 2.04. The van der Waals surface area contributed by atoms with Crippen LogP contribution < -0.4 is 0 Å². The lowest BCUT2D eigenvalue weighted by Gasteiger charge is -2.12. The van der Waals surface area contributed by atoms with Crippen molar-refractivity contribution in [3.8, 4) is 0 Å². The highest BCUT2D eigenvalue weighted by Crippen LogP contribution is 2.10. The second-order valence-corrected chi connectivity index (χ2v) is 3.71. The summed E-state index contributed by atoms with van der Waals surface area (Å²) in [6.45, 7) is 5.84. The molecule has 0 aliphatic carbocycles. The first-order valence-electron chi connectivity index (χ1n) is 2.45. The highest BCUT2D eigenvalue weighted by atomic mass is 27.0. The third kappa shape index (κ3) is 2.85. The van der Waals surface area contributed by atoms with Crippen LogP contribution in [0.25, 0.3) is 0 Å². The minimum atomic E-state index is -0.0772. The van der Waals surface area contributed by atoms with Crippen LogP contribution in [-0.4, -0.2) is 20.9 Å². The van der Waals surface area contributed by atoms with Crippen molar-refractivity contribution in [3.63, 3.8) is 0 Å². The molecule has 0 heterocycles. The zero-order chi connectivity index (χ0) is 6.08. The maximum absolute atomic E-state index is 10.5. The zero-order valence-corrected chi connectivity index (χ0v) is 7.41. The van der Waals surface area contributed by atoms with Gasteiger partial charge in [0.2, 0.25) is 0 Å². The fraction of sp³-hybridized carbons (Fsp3) is 0.800. The van der Waals surface area contributed by atoms with E-state index < -0.39 is 0 Å². The Labute approximate surface area is 52.5 Å². The SMILES string of the molecule is CC(C)(C)[C](=O)[AlH2]. The molecule has 0 saturated carbocycles. The van der Waals surface area contributed by atoms with Gasteiger partial charge < -0.3 is 4.79 Å². The molecule has 0 spiro atoms. The van der Waals surface area contributed by atoms with Crippen molar-refractivity contribution in [2.45, 2.75) is 20.8 Å². The van der Waals surface area contributed by atoms with E-state index >= 15 is 0 Å². The molecule has 0 bridgehead atoms. The van der Waals surface area contributed by atoms with E-state index in [-0.39, 0.29) is 5.41 Å². The van der Waals surface area contributed by atoms with E-state index in [1.165, 1.54) is 0 Å². The smallest absolute Gasteiger partial charge is 0.320 e. The molecule has 0 aliphatic heterocycles. The second-order valence-electron chi connectivity index (χ2n) is 2.81. The molecular weight excluding hydrogens is 103 g/mol. The van der Waals surface area contributed by atoms with Crippen molar-refractivity contribution >= 4 is 20.9 Å². The molecule has 0 saturated heterocycles. The van der Waals surface area contributed by atoms with Crippen LogP contribution in [0.15, 0.2) is 0 Å². The van der Waals surface area contributed by atoms with E-state index in [2.05, 4.69) is 0 Å². The van der Waals surface area contributed by atoms with Crippen LogP contribution in [0.4, 0.5) is 0 Å². The Balaban J connectivity index is 3.79. The number of hydrogen-bond donors (Lipinski definition) is 0. The topological polar surface area (TPSA) is 17.1 Å². The van der Waals surface area contributed by atoms with Gasteiger partial charge in [0, 0.05) is 10.1 Å². The lowest BCUT2D eigenvalue weighted by molar-refractivity contribution is -0.118. The van der Waals surface area contributed by atoms with Gasteiger partial charge in [-0.25, -0.2) is 0 Å². The first kappa shape index (κ1) is 7.20. The number of carbonyl (C=O) groups is 1. The molecular formula is C5H11AlO. The quantitative estimate of drug-likeness (QED) is 0.411. The Morgan fingerprint density at radius 2 is 1.57 bits per heavy atom. The van der Waals surface area contributed by atoms with Gasteiger partial charge in [0.05, 0.1) is 0 Å². The van der Waals surface area contributed by atoms with Crippen LogP contribution in [0, 0.1) is 5.41 Å². The highest BCUT2D eigenvalue weighted by Gasteiger charge is 2.13. The number of carbonyl (C=O) groups excluding carboxylic acids is 1. The molecule has 0 aromatic rings. The van der Waals surface area contributed by atoms with Crippen molar-refractivity contribution in [3.05, 3.63) is 0 Å². The summed E-state index contributed by atoms with van der Waals surface area (Å²) in [5, 5.41) is 0. The summed E-state index contributed by atoms with van der Waals surface area (Å²) in [7, 11) is 0. The average molecular weight is 114 g/mol. The van der Waals surface area contributed by atoms with Gasteiger partial charge in [-0.05, 0) is 0 Å². The first-order chi connectivity index (χ1) is 2.94. The van der Waals surface area contributed by atoms with Crippen LogP contribution in [0.3, 0.4) is 0 Å².